The van der Waals surface area contributed by atoms with Crippen molar-refractivity contribution in [2.45, 2.75) is 12.5 Å². The number of hydrogen-bond acceptors (Lipinski definition) is 7. The lowest BCUT2D eigenvalue weighted by Gasteiger charge is -2.20. The molecule has 0 saturated carbocycles. The van der Waals surface area contributed by atoms with E-state index in [0.29, 0.717) is 28.4 Å². The Morgan fingerprint density at radius 2 is 1.63 bits per heavy atom. The monoisotopic (exact) mass is 416 g/mol. The van der Waals surface area contributed by atoms with Gasteiger partial charge in [0.1, 0.15) is 5.75 Å². The Labute approximate surface area is 174 Å². The minimum atomic E-state index is -0.661. The molecule has 0 aliphatic heterocycles. The summed E-state index contributed by atoms with van der Waals surface area (Å²) in [5, 5.41) is 2.75. The lowest BCUT2D eigenvalue weighted by atomic mass is 10.0. The Kier molecular flexibility index (Phi) is 8.04. The van der Waals surface area contributed by atoms with Gasteiger partial charge in [-0.05, 0) is 42.0 Å². The predicted molar refractivity (Wildman–Crippen MR) is 108 cm³/mol. The number of rotatable bonds is 10. The van der Waals surface area contributed by atoms with Crippen molar-refractivity contribution in [2.24, 2.45) is 5.73 Å². The molecule has 9 nitrogen and oxygen atoms in total. The second-order valence-corrected chi connectivity index (χ2v) is 6.19. The molecule has 0 fully saturated rings. The summed E-state index contributed by atoms with van der Waals surface area (Å²) < 4.78 is 20.7. The van der Waals surface area contributed by atoms with Gasteiger partial charge in [-0.3, -0.25) is 14.4 Å². The van der Waals surface area contributed by atoms with E-state index in [1.54, 1.807) is 18.2 Å². The van der Waals surface area contributed by atoms with E-state index in [1.807, 2.05) is 0 Å². The van der Waals surface area contributed by atoms with Crippen molar-refractivity contribution in [1.29, 1.82) is 0 Å². The fourth-order valence-electron chi connectivity index (χ4n) is 2.67. The average Bonchev–Trinajstić information content (AvgIpc) is 2.76. The molecule has 0 heterocycles. The zero-order valence-corrected chi connectivity index (χ0v) is 17.0. The summed E-state index contributed by atoms with van der Waals surface area (Å²) in [6.45, 7) is -0.291. The number of esters is 1. The first-order valence-corrected chi connectivity index (χ1v) is 8.98. The van der Waals surface area contributed by atoms with E-state index in [1.165, 1.54) is 45.6 Å². The zero-order chi connectivity index (χ0) is 22.1. The Hall–Kier alpha value is -3.75. The first-order valence-electron chi connectivity index (χ1n) is 8.98. The van der Waals surface area contributed by atoms with E-state index in [-0.39, 0.29) is 13.0 Å². The largest absolute Gasteiger partial charge is 0.493 e. The highest BCUT2D eigenvalue weighted by molar-refractivity contribution is 5.92. The number of nitrogens with two attached hydrogens (primary N) is 1. The van der Waals surface area contributed by atoms with Gasteiger partial charge >= 0.3 is 5.97 Å². The first kappa shape index (κ1) is 22.5. The number of hydrogen-bond donors (Lipinski definition) is 2. The van der Waals surface area contributed by atoms with Gasteiger partial charge in [0.25, 0.3) is 5.91 Å². The van der Waals surface area contributed by atoms with Crippen LogP contribution in [-0.4, -0.2) is 45.7 Å². The van der Waals surface area contributed by atoms with E-state index >= 15 is 0 Å². The van der Waals surface area contributed by atoms with Gasteiger partial charge in [-0.1, -0.05) is 6.07 Å². The maximum absolute atomic E-state index is 12.4. The van der Waals surface area contributed by atoms with Crippen molar-refractivity contribution >= 4 is 17.8 Å². The van der Waals surface area contributed by atoms with Gasteiger partial charge in [0.2, 0.25) is 5.91 Å². The van der Waals surface area contributed by atoms with Gasteiger partial charge in [0.05, 0.1) is 33.8 Å². The third-order valence-corrected chi connectivity index (χ3v) is 4.25. The summed E-state index contributed by atoms with van der Waals surface area (Å²) in [5.74, 6) is -0.113. The van der Waals surface area contributed by atoms with Crippen molar-refractivity contribution < 1.29 is 33.3 Å². The number of amides is 2. The van der Waals surface area contributed by atoms with Crippen LogP contribution in [0.5, 0.6) is 17.2 Å². The van der Waals surface area contributed by atoms with E-state index in [4.69, 9.17) is 24.7 Å². The number of carbonyl (C=O) groups is 3. The Morgan fingerprint density at radius 3 is 2.20 bits per heavy atom. The van der Waals surface area contributed by atoms with E-state index in [9.17, 15) is 14.4 Å². The van der Waals surface area contributed by atoms with Gasteiger partial charge in [-0.25, -0.2) is 0 Å². The fraction of sp³-hybridized carbons (Fsp3) is 0.286. The number of primary amides is 1. The van der Waals surface area contributed by atoms with Gasteiger partial charge < -0.3 is 30.0 Å². The summed E-state index contributed by atoms with van der Waals surface area (Å²) in [6, 6.07) is 10.5. The summed E-state index contributed by atoms with van der Waals surface area (Å²) in [4.78, 5) is 35.3. The van der Waals surface area contributed by atoms with Crippen molar-refractivity contribution in [1.82, 2.24) is 5.32 Å². The van der Waals surface area contributed by atoms with Crippen LogP contribution in [0.3, 0.4) is 0 Å². The van der Waals surface area contributed by atoms with Crippen LogP contribution in [-0.2, 0) is 14.3 Å². The maximum Gasteiger partial charge on any atom is 0.307 e. The molecule has 1 atom stereocenters. The smallest absolute Gasteiger partial charge is 0.307 e. The maximum atomic E-state index is 12.4. The molecule has 0 aliphatic rings. The fourth-order valence-corrected chi connectivity index (χ4v) is 2.67. The predicted octanol–water partition coefficient (Wildman–Crippen LogP) is 1.60. The Bertz CT molecular complexity index is 897. The molecule has 2 amide bonds. The molecule has 30 heavy (non-hydrogen) atoms. The molecule has 1 unspecified atom stereocenters. The van der Waals surface area contributed by atoms with Crippen molar-refractivity contribution in [3.63, 3.8) is 0 Å². The topological polar surface area (TPSA) is 126 Å². The van der Waals surface area contributed by atoms with Crippen LogP contribution < -0.4 is 25.3 Å². The summed E-state index contributed by atoms with van der Waals surface area (Å²) in [7, 11) is 4.28. The first-order chi connectivity index (χ1) is 14.4. The number of ether oxygens (including phenoxy) is 4. The molecular formula is C21H24N2O7. The summed E-state index contributed by atoms with van der Waals surface area (Å²) in [6.07, 6.45) is -0.0783. The number of benzene rings is 2. The molecule has 3 N–H and O–H groups in total. The lowest BCUT2D eigenvalue weighted by Crippen LogP contribution is -2.34. The summed E-state index contributed by atoms with van der Waals surface area (Å²) >= 11 is 0. The van der Waals surface area contributed by atoms with Gasteiger partial charge in [0, 0.05) is 5.56 Å². The highest BCUT2D eigenvalue weighted by Gasteiger charge is 2.21. The molecule has 2 rings (SSSR count). The highest BCUT2D eigenvalue weighted by Crippen LogP contribution is 2.31. The van der Waals surface area contributed by atoms with Crippen molar-refractivity contribution in [2.75, 3.05) is 27.9 Å². The van der Waals surface area contributed by atoms with Gasteiger partial charge in [0.15, 0.2) is 18.1 Å². The van der Waals surface area contributed by atoms with Crippen molar-refractivity contribution in [3.8, 4) is 17.2 Å². The van der Waals surface area contributed by atoms with Gasteiger partial charge in [-0.15, -0.1) is 0 Å². The second-order valence-electron chi connectivity index (χ2n) is 6.19. The van der Waals surface area contributed by atoms with Crippen LogP contribution in [0.2, 0.25) is 0 Å². The molecule has 0 aliphatic carbocycles. The van der Waals surface area contributed by atoms with Crippen LogP contribution in [0.25, 0.3) is 0 Å². The minimum absolute atomic E-state index is 0.0783. The standard InChI is InChI=1S/C21H24N2O7/c1-27-17-9-6-14(10-18(17)28-2)16(11-20(25)29-3)23-19(24)12-30-15-7-4-13(5-8-15)21(22)26/h4-10,16H,11-12H2,1-3H3,(H2,22,26)(H,23,24). The van der Waals surface area contributed by atoms with Crippen molar-refractivity contribution in [3.05, 3.63) is 53.6 Å². The molecule has 9 heteroatoms. The van der Waals surface area contributed by atoms with Crippen LogP contribution in [0.4, 0.5) is 0 Å². The highest BCUT2D eigenvalue weighted by atomic mass is 16.5. The molecule has 0 radical (unpaired) electrons. The molecule has 0 aromatic heterocycles. The zero-order valence-electron chi connectivity index (χ0n) is 17.0. The summed E-state index contributed by atoms with van der Waals surface area (Å²) in [5.41, 5.74) is 6.16. The van der Waals surface area contributed by atoms with Crippen LogP contribution in [0, 0.1) is 0 Å². The molecule has 160 valence electrons. The number of carbonyl (C=O) groups excluding carboxylic acids is 3. The SMILES string of the molecule is COC(=O)CC(NC(=O)COc1ccc(C(N)=O)cc1)c1ccc(OC)c(OC)c1. The van der Waals surface area contributed by atoms with Gasteiger partial charge in [-0.2, -0.15) is 0 Å². The third-order valence-electron chi connectivity index (χ3n) is 4.25. The Balaban J connectivity index is 2.09. The van der Waals surface area contributed by atoms with Crippen LogP contribution in [0.1, 0.15) is 28.4 Å². The van der Waals surface area contributed by atoms with E-state index < -0.39 is 23.8 Å². The van der Waals surface area contributed by atoms with Crippen LogP contribution >= 0.6 is 0 Å². The molecule has 2 aromatic rings. The molecule has 0 saturated heterocycles. The number of nitrogens with one attached hydrogen (secondary N) is 1. The molecule has 0 bridgehead atoms. The molecular weight excluding hydrogens is 392 g/mol. The third kappa shape index (κ3) is 6.13. The van der Waals surface area contributed by atoms with Crippen LogP contribution in [0.15, 0.2) is 42.5 Å². The quantitative estimate of drug-likeness (QED) is 0.563. The number of methoxy groups -OCH3 is 3. The average molecular weight is 416 g/mol. The Morgan fingerprint density at radius 1 is 0.967 bits per heavy atom. The normalized spacial score (nSPS) is 11.2. The molecule has 2 aromatic carbocycles. The second kappa shape index (κ2) is 10.7. The minimum Gasteiger partial charge on any atom is -0.493 e. The molecule has 0 spiro atoms. The lowest BCUT2D eigenvalue weighted by molar-refractivity contribution is -0.141. The van der Waals surface area contributed by atoms with E-state index in [2.05, 4.69) is 5.32 Å². The van der Waals surface area contributed by atoms with E-state index in [0.717, 1.165) is 0 Å².